The molecule has 0 radical (unpaired) electrons. The van der Waals surface area contributed by atoms with Crippen LogP contribution in [0.15, 0.2) is 35.2 Å². The van der Waals surface area contributed by atoms with E-state index in [1.54, 1.807) is 17.4 Å². The van der Waals surface area contributed by atoms with E-state index in [0.717, 1.165) is 30.8 Å². The maximum absolute atomic E-state index is 13.6. The third-order valence-electron chi connectivity index (χ3n) is 4.42. The Morgan fingerprint density at radius 3 is 3.08 bits per heavy atom. The van der Waals surface area contributed by atoms with Crippen LogP contribution in [0.1, 0.15) is 12.0 Å². The van der Waals surface area contributed by atoms with Crippen molar-refractivity contribution in [1.29, 1.82) is 0 Å². The van der Waals surface area contributed by atoms with Crippen LogP contribution in [0, 0.1) is 5.82 Å². The number of pyridine rings is 1. The van der Waals surface area contributed by atoms with E-state index in [1.165, 1.54) is 12.3 Å². The van der Waals surface area contributed by atoms with Crippen LogP contribution in [0.5, 0.6) is 5.88 Å². The molecule has 2 aromatic rings. The van der Waals surface area contributed by atoms with E-state index in [0.29, 0.717) is 6.42 Å². The van der Waals surface area contributed by atoms with E-state index in [9.17, 15) is 9.18 Å². The van der Waals surface area contributed by atoms with Crippen LogP contribution in [0.2, 0.25) is 0 Å². The first-order valence-corrected chi connectivity index (χ1v) is 9.76. The molecule has 2 aromatic heterocycles. The molecule has 0 bridgehead atoms. The molecule has 2 aliphatic heterocycles. The zero-order valence-electron chi connectivity index (χ0n) is 13.0. The zero-order chi connectivity index (χ0) is 16.6. The summed E-state index contributed by atoms with van der Waals surface area (Å²) >= 11 is 3.44. The molecule has 4 rings (SSSR count). The first-order valence-electron chi connectivity index (χ1n) is 7.84. The number of carbonyl (C=O) groups is 1. The molecule has 7 heteroatoms. The number of likely N-dealkylation sites (tertiary alicyclic amines) is 1. The summed E-state index contributed by atoms with van der Waals surface area (Å²) in [5, 5.41) is 4.01. The summed E-state index contributed by atoms with van der Waals surface area (Å²) in [6.45, 7) is 1.51. The van der Waals surface area contributed by atoms with Crippen LogP contribution in [0.4, 0.5) is 4.39 Å². The van der Waals surface area contributed by atoms with Crippen molar-refractivity contribution >= 4 is 29.0 Å². The molecular weight excluding hydrogens is 347 g/mol. The number of ether oxygens (including phenoxy) is 1. The average molecular weight is 364 g/mol. The fourth-order valence-electron chi connectivity index (χ4n) is 3.22. The number of halogens is 1. The Morgan fingerprint density at radius 2 is 2.33 bits per heavy atom. The Kier molecular flexibility index (Phi) is 4.22. The molecule has 1 unspecified atom stereocenters. The van der Waals surface area contributed by atoms with Gasteiger partial charge in [0.1, 0.15) is 6.10 Å². The van der Waals surface area contributed by atoms with Crippen LogP contribution < -0.4 is 4.74 Å². The molecular formula is C17H17FN2O2S2. The third kappa shape index (κ3) is 3.15. The van der Waals surface area contributed by atoms with E-state index >= 15 is 0 Å². The van der Waals surface area contributed by atoms with Gasteiger partial charge in [0.15, 0.2) is 5.82 Å². The minimum atomic E-state index is -0.426. The van der Waals surface area contributed by atoms with Crippen molar-refractivity contribution in [2.24, 2.45) is 0 Å². The lowest BCUT2D eigenvalue weighted by molar-refractivity contribution is -0.135. The third-order valence-corrected chi connectivity index (χ3v) is 6.73. The maximum atomic E-state index is 13.6. The van der Waals surface area contributed by atoms with E-state index in [4.69, 9.17) is 4.74 Å². The summed E-state index contributed by atoms with van der Waals surface area (Å²) < 4.78 is 19.4. The summed E-state index contributed by atoms with van der Waals surface area (Å²) in [6, 6.07) is 4.90. The number of rotatable bonds is 4. The molecule has 0 N–H and O–H groups in total. The van der Waals surface area contributed by atoms with E-state index in [-0.39, 0.29) is 22.6 Å². The smallest absolute Gasteiger partial charge is 0.250 e. The topological polar surface area (TPSA) is 42.4 Å². The monoisotopic (exact) mass is 364 g/mol. The second-order valence-corrected chi connectivity index (χ2v) is 8.55. The molecule has 1 atom stereocenters. The lowest BCUT2D eigenvalue weighted by Gasteiger charge is -2.47. The molecule has 2 aliphatic rings. The van der Waals surface area contributed by atoms with Crippen LogP contribution in [-0.4, -0.2) is 45.5 Å². The van der Waals surface area contributed by atoms with Gasteiger partial charge in [0.2, 0.25) is 5.91 Å². The normalized spacial score (nSPS) is 21.7. The highest BCUT2D eigenvalue weighted by atomic mass is 32.2. The van der Waals surface area contributed by atoms with Gasteiger partial charge in [0.05, 0.1) is 11.2 Å². The molecule has 2 fully saturated rings. The summed E-state index contributed by atoms with van der Waals surface area (Å²) in [5.41, 5.74) is 1.08. The van der Waals surface area contributed by atoms with Gasteiger partial charge in [-0.2, -0.15) is 11.3 Å². The lowest BCUT2D eigenvalue weighted by atomic mass is 9.92. The largest absolute Gasteiger partial charge is 0.471 e. The number of nitrogens with zero attached hydrogens (tertiary/aromatic N) is 2. The van der Waals surface area contributed by atoms with Crippen molar-refractivity contribution in [2.45, 2.75) is 23.7 Å². The van der Waals surface area contributed by atoms with E-state index in [2.05, 4.69) is 4.98 Å². The van der Waals surface area contributed by atoms with Crippen LogP contribution in [-0.2, 0) is 11.2 Å². The fourth-order valence-corrected chi connectivity index (χ4v) is 5.41. The number of hydrogen-bond donors (Lipinski definition) is 0. The number of aromatic nitrogens is 1. The Balaban J connectivity index is 1.30. The van der Waals surface area contributed by atoms with Gasteiger partial charge < -0.3 is 9.64 Å². The number of carbonyl (C=O) groups excluding carboxylic acids is 1. The predicted octanol–water partition coefficient (Wildman–Crippen LogP) is 2.99. The van der Waals surface area contributed by atoms with Gasteiger partial charge in [-0.05, 0) is 34.5 Å². The molecule has 4 heterocycles. The van der Waals surface area contributed by atoms with Gasteiger partial charge >= 0.3 is 0 Å². The second kappa shape index (κ2) is 6.37. The number of thiophene rings is 1. The molecule has 0 aromatic carbocycles. The van der Waals surface area contributed by atoms with Crippen molar-refractivity contribution in [3.8, 4) is 5.88 Å². The van der Waals surface area contributed by atoms with Crippen LogP contribution in [0.25, 0.3) is 0 Å². The Morgan fingerprint density at radius 1 is 1.46 bits per heavy atom. The van der Waals surface area contributed by atoms with Gasteiger partial charge in [-0.1, -0.05) is 0 Å². The molecule has 0 saturated carbocycles. The Labute approximate surface area is 148 Å². The Hall–Kier alpha value is -1.60. The van der Waals surface area contributed by atoms with Crippen molar-refractivity contribution in [1.82, 2.24) is 9.88 Å². The lowest BCUT2D eigenvalue weighted by Crippen LogP contribution is -2.61. The van der Waals surface area contributed by atoms with Gasteiger partial charge in [-0.15, -0.1) is 11.8 Å². The van der Waals surface area contributed by atoms with E-state index in [1.807, 2.05) is 33.5 Å². The minimum absolute atomic E-state index is 0.0477. The standard InChI is InChI=1S/C17H17FN2O2S2/c18-14-2-1-4-19-16(14)22-13-7-17(24-9-13)10-20(11-17)15(21)6-12-3-5-23-8-12/h1-5,8,13H,6-7,9-11H2. The van der Waals surface area contributed by atoms with Gasteiger partial charge in [0, 0.05) is 31.5 Å². The molecule has 1 spiro atoms. The van der Waals surface area contributed by atoms with Gasteiger partial charge in [-0.3, -0.25) is 4.79 Å². The highest BCUT2D eigenvalue weighted by Gasteiger charge is 2.51. The average Bonchev–Trinajstić information content (AvgIpc) is 3.18. The summed E-state index contributed by atoms with van der Waals surface area (Å²) in [4.78, 5) is 18.1. The SMILES string of the molecule is O=C(Cc1ccsc1)N1CC2(CC(Oc3ncccc3F)CS2)C1. The van der Waals surface area contributed by atoms with Crippen molar-refractivity contribution in [2.75, 3.05) is 18.8 Å². The van der Waals surface area contributed by atoms with Crippen molar-refractivity contribution < 1.29 is 13.9 Å². The molecule has 4 nitrogen and oxygen atoms in total. The Bertz CT molecular complexity index is 732. The van der Waals surface area contributed by atoms with Crippen LogP contribution in [0.3, 0.4) is 0 Å². The number of amides is 1. The first-order chi connectivity index (χ1) is 11.6. The molecule has 0 aliphatic carbocycles. The molecule has 2 saturated heterocycles. The molecule has 24 heavy (non-hydrogen) atoms. The highest BCUT2D eigenvalue weighted by Crippen LogP contribution is 2.46. The summed E-state index contributed by atoms with van der Waals surface area (Å²) in [7, 11) is 0. The van der Waals surface area contributed by atoms with Gasteiger partial charge in [-0.25, -0.2) is 9.37 Å². The fraction of sp³-hybridized carbons (Fsp3) is 0.412. The minimum Gasteiger partial charge on any atom is -0.471 e. The summed E-state index contributed by atoms with van der Waals surface area (Å²) in [6.07, 6.45) is 2.79. The zero-order valence-corrected chi connectivity index (χ0v) is 14.6. The predicted molar refractivity (Wildman–Crippen MR) is 93.0 cm³/mol. The van der Waals surface area contributed by atoms with Gasteiger partial charge in [0.25, 0.3) is 5.88 Å². The number of hydrogen-bond acceptors (Lipinski definition) is 5. The first kappa shape index (κ1) is 15.9. The van der Waals surface area contributed by atoms with E-state index < -0.39 is 5.82 Å². The van der Waals surface area contributed by atoms with Crippen molar-refractivity contribution in [3.05, 3.63) is 46.5 Å². The quantitative estimate of drug-likeness (QED) is 0.836. The summed E-state index contributed by atoms with van der Waals surface area (Å²) in [5.74, 6) is 0.636. The maximum Gasteiger partial charge on any atom is 0.250 e. The molecule has 1 amide bonds. The highest BCUT2D eigenvalue weighted by molar-refractivity contribution is 8.01. The molecule has 126 valence electrons. The van der Waals surface area contributed by atoms with Crippen LogP contribution >= 0.6 is 23.1 Å². The second-order valence-electron chi connectivity index (χ2n) is 6.29. The van der Waals surface area contributed by atoms with Crippen molar-refractivity contribution in [3.63, 3.8) is 0 Å². The number of thioether (sulfide) groups is 1.